The van der Waals surface area contributed by atoms with E-state index in [4.69, 9.17) is 9.78 Å². The van der Waals surface area contributed by atoms with Crippen molar-refractivity contribution >= 4 is 5.97 Å². The van der Waals surface area contributed by atoms with E-state index in [1.54, 1.807) is 0 Å². The van der Waals surface area contributed by atoms with Gasteiger partial charge in [-0.25, -0.2) is 4.79 Å². The van der Waals surface area contributed by atoms with Crippen LogP contribution in [0.3, 0.4) is 0 Å². The molecule has 0 aliphatic heterocycles. The molecule has 2 unspecified atom stereocenters. The first-order valence-corrected chi connectivity index (χ1v) is 8.17. The quantitative estimate of drug-likeness (QED) is 0.563. The van der Waals surface area contributed by atoms with Gasteiger partial charge in [-0.15, -0.1) is 0 Å². The maximum Gasteiger partial charge on any atom is 0.373 e. The summed E-state index contributed by atoms with van der Waals surface area (Å²) in [7, 11) is 0. The zero-order valence-electron chi connectivity index (χ0n) is 13.1. The lowest BCUT2D eigenvalue weighted by Gasteiger charge is -2.26. The molecule has 3 nitrogen and oxygen atoms in total. The Kier molecular flexibility index (Phi) is 6.24. The molecule has 3 heteroatoms. The number of aryl methyl sites for hydroxylation is 1. The first-order valence-electron chi connectivity index (χ1n) is 8.17. The summed E-state index contributed by atoms with van der Waals surface area (Å²) < 4.78 is 0. The molecule has 1 fully saturated rings. The number of hydrogen-bond acceptors (Lipinski definition) is 3. The van der Waals surface area contributed by atoms with Crippen LogP contribution in [0.15, 0.2) is 24.3 Å². The van der Waals surface area contributed by atoms with Crippen LogP contribution in [-0.4, -0.2) is 12.1 Å². The average Bonchev–Trinajstić information content (AvgIpc) is 2.52. The van der Waals surface area contributed by atoms with Crippen molar-refractivity contribution in [1.82, 2.24) is 0 Å². The van der Waals surface area contributed by atoms with E-state index in [2.05, 4.69) is 13.8 Å². The Balaban J connectivity index is 1.82. The van der Waals surface area contributed by atoms with Gasteiger partial charge in [0.2, 0.25) is 0 Å². The fourth-order valence-electron chi connectivity index (χ4n) is 2.77. The summed E-state index contributed by atoms with van der Waals surface area (Å²) in [5, 5.41) is 0. The van der Waals surface area contributed by atoms with Crippen molar-refractivity contribution in [1.29, 1.82) is 0 Å². The topological polar surface area (TPSA) is 35.5 Å². The zero-order chi connectivity index (χ0) is 15.1. The van der Waals surface area contributed by atoms with Gasteiger partial charge >= 0.3 is 5.97 Å². The van der Waals surface area contributed by atoms with Crippen LogP contribution >= 0.6 is 0 Å². The highest BCUT2D eigenvalue weighted by molar-refractivity contribution is 5.88. The normalized spacial score (nSPS) is 22.0. The standard InChI is InChI=1S/C18H26O3/c1-3-4-8-15-10-12-16(13-11-15)18(19)21-20-17-9-6-5-7-14(17)2/h10-14,17H,3-9H2,1-2H3. The Bertz CT molecular complexity index is 438. The second kappa shape index (κ2) is 8.18. The molecule has 0 aromatic heterocycles. The van der Waals surface area contributed by atoms with Gasteiger partial charge in [-0.05, 0) is 49.3 Å². The van der Waals surface area contributed by atoms with Crippen molar-refractivity contribution < 1.29 is 14.6 Å². The molecular weight excluding hydrogens is 264 g/mol. The number of unbranched alkanes of at least 4 members (excludes halogenated alkanes) is 1. The van der Waals surface area contributed by atoms with Crippen LogP contribution in [-0.2, 0) is 16.2 Å². The van der Waals surface area contributed by atoms with E-state index >= 15 is 0 Å². The summed E-state index contributed by atoms with van der Waals surface area (Å²) in [6.45, 7) is 4.33. The summed E-state index contributed by atoms with van der Waals surface area (Å²) in [6.07, 6.45) is 7.98. The van der Waals surface area contributed by atoms with Gasteiger partial charge in [0.15, 0.2) is 0 Å². The number of hydrogen-bond donors (Lipinski definition) is 0. The van der Waals surface area contributed by atoms with Crippen molar-refractivity contribution in [2.45, 2.75) is 64.9 Å². The van der Waals surface area contributed by atoms with Crippen molar-refractivity contribution in [3.05, 3.63) is 35.4 Å². The molecule has 1 aliphatic rings. The second-order valence-electron chi connectivity index (χ2n) is 6.07. The van der Waals surface area contributed by atoms with E-state index in [1.165, 1.54) is 24.8 Å². The summed E-state index contributed by atoms with van der Waals surface area (Å²) >= 11 is 0. The molecule has 1 aromatic rings. The Morgan fingerprint density at radius 1 is 1.19 bits per heavy atom. The highest BCUT2D eigenvalue weighted by Crippen LogP contribution is 2.26. The van der Waals surface area contributed by atoms with Crippen LogP contribution in [0.5, 0.6) is 0 Å². The molecule has 1 aromatic carbocycles. The van der Waals surface area contributed by atoms with E-state index in [0.29, 0.717) is 11.5 Å². The molecule has 2 atom stereocenters. The van der Waals surface area contributed by atoms with Crippen LogP contribution in [0.1, 0.15) is 68.3 Å². The molecule has 0 N–H and O–H groups in total. The molecule has 0 amide bonds. The van der Waals surface area contributed by atoms with Gasteiger partial charge in [0, 0.05) is 0 Å². The summed E-state index contributed by atoms with van der Waals surface area (Å²) in [6, 6.07) is 7.63. The molecule has 0 bridgehead atoms. The third-order valence-corrected chi connectivity index (χ3v) is 4.29. The van der Waals surface area contributed by atoms with Crippen LogP contribution < -0.4 is 0 Å². The molecule has 0 radical (unpaired) electrons. The zero-order valence-corrected chi connectivity index (χ0v) is 13.1. The minimum atomic E-state index is -0.394. The highest BCUT2D eigenvalue weighted by atomic mass is 17.2. The summed E-state index contributed by atoms with van der Waals surface area (Å²) in [5.74, 6) is 0.0674. The predicted octanol–water partition coefficient (Wildman–Crippen LogP) is 4.70. The lowest BCUT2D eigenvalue weighted by Crippen LogP contribution is -2.26. The van der Waals surface area contributed by atoms with E-state index < -0.39 is 5.97 Å². The number of benzene rings is 1. The van der Waals surface area contributed by atoms with Crippen LogP contribution in [0.2, 0.25) is 0 Å². The fourth-order valence-corrected chi connectivity index (χ4v) is 2.77. The third kappa shape index (κ3) is 4.85. The van der Waals surface area contributed by atoms with Gasteiger partial charge in [0.05, 0.1) is 5.56 Å². The van der Waals surface area contributed by atoms with Crippen LogP contribution in [0.4, 0.5) is 0 Å². The molecule has 21 heavy (non-hydrogen) atoms. The Morgan fingerprint density at radius 3 is 2.57 bits per heavy atom. The predicted molar refractivity (Wildman–Crippen MR) is 83.0 cm³/mol. The Labute approximate surface area is 127 Å². The van der Waals surface area contributed by atoms with Gasteiger partial charge in [0.1, 0.15) is 6.10 Å². The van der Waals surface area contributed by atoms with Gasteiger partial charge in [-0.3, -0.25) is 4.89 Å². The summed E-state index contributed by atoms with van der Waals surface area (Å²) in [4.78, 5) is 22.3. The monoisotopic (exact) mass is 290 g/mol. The molecule has 0 saturated heterocycles. The van der Waals surface area contributed by atoms with E-state index in [9.17, 15) is 4.79 Å². The van der Waals surface area contributed by atoms with Gasteiger partial charge in [-0.2, -0.15) is 4.89 Å². The second-order valence-corrected chi connectivity index (χ2v) is 6.07. The van der Waals surface area contributed by atoms with Crippen molar-refractivity contribution in [2.24, 2.45) is 5.92 Å². The Hall–Kier alpha value is -1.35. The Morgan fingerprint density at radius 2 is 1.90 bits per heavy atom. The van der Waals surface area contributed by atoms with Crippen molar-refractivity contribution in [2.75, 3.05) is 0 Å². The third-order valence-electron chi connectivity index (χ3n) is 4.29. The maximum atomic E-state index is 12.0. The van der Waals surface area contributed by atoms with Gasteiger partial charge < -0.3 is 0 Å². The number of carbonyl (C=O) groups excluding carboxylic acids is 1. The summed E-state index contributed by atoms with van der Waals surface area (Å²) in [5.41, 5.74) is 1.81. The van der Waals surface area contributed by atoms with Crippen LogP contribution in [0, 0.1) is 5.92 Å². The fraction of sp³-hybridized carbons (Fsp3) is 0.611. The largest absolute Gasteiger partial charge is 0.373 e. The molecule has 0 spiro atoms. The van der Waals surface area contributed by atoms with Gasteiger partial charge in [-0.1, -0.05) is 45.2 Å². The van der Waals surface area contributed by atoms with E-state index in [1.807, 2.05) is 24.3 Å². The smallest absolute Gasteiger partial charge is 0.293 e. The maximum absolute atomic E-state index is 12.0. The molecule has 1 saturated carbocycles. The van der Waals surface area contributed by atoms with Gasteiger partial charge in [0.25, 0.3) is 0 Å². The van der Waals surface area contributed by atoms with Crippen LogP contribution in [0.25, 0.3) is 0 Å². The van der Waals surface area contributed by atoms with Crippen molar-refractivity contribution in [3.8, 4) is 0 Å². The lowest BCUT2D eigenvalue weighted by atomic mass is 9.88. The van der Waals surface area contributed by atoms with E-state index in [-0.39, 0.29) is 6.10 Å². The molecule has 2 rings (SSSR count). The molecule has 1 aliphatic carbocycles. The molecule has 0 heterocycles. The minimum Gasteiger partial charge on any atom is -0.293 e. The number of rotatable bonds is 6. The average molecular weight is 290 g/mol. The highest BCUT2D eigenvalue weighted by Gasteiger charge is 2.24. The molecular formula is C18H26O3. The lowest BCUT2D eigenvalue weighted by molar-refractivity contribution is -0.289. The number of carbonyl (C=O) groups is 1. The molecule has 116 valence electrons. The minimum absolute atomic E-state index is 0.0477. The first-order chi connectivity index (χ1) is 10.2. The first kappa shape index (κ1) is 16.0. The van der Waals surface area contributed by atoms with Crippen molar-refractivity contribution in [3.63, 3.8) is 0 Å². The van der Waals surface area contributed by atoms with E-state index in [0.717, 1.165) is 25.7 Å². The SMILES string of the molecule is CCCCc1ccc(C(=O)OOC2CCCCC2C)cc1.